The van der Waals surface area contributed by atoms with Crippen LogP contribution < -0.4 is 0 Å². The van der Waals surface area contributed by atoms with Crippen molar-refractivity contribution in [1.29, 1.82) is 0 Å². The Bertz CT molecular complexity index is 472. The molecule has 6 heteroatoms. The molecule has 0 fully saturated rings. The highest BCUT2D eigenvalue weighted by Crippen LogP contribution is 2.30. The van der Waals surface area contributed by atoms with Crippen LogP contribution in [0.15, 0.2) is 27.4 Å². The van der Waals surface area contributed by atoms with Gasteiger partial charge in [0.2, 0.25) is 4.73 Å². The first-order valence-electron chi connectivity index (χ1n) is 3.61. The van der Waals surface area contributed by atoms with Gasteiger partial charge in [0.05, 0.1) is 0 Å². The van der Waals surface area contributed by atoms with E-state index in [0.29, 0.717) is 15.3 Å². The van der Waals surface area contributed by atoms with E-state index in [4.69, 9.17) is 0 Å². The van der Waals surface area contributed by atoms with Gasteiger partial charge in [0.15, 0.2) is 0 Å². The highest BCUT2D eigenvalue weighted by atomic mass is 79.9. The number of rotatable bonds is 1. The van der Waals surface area contributed by atoms with Crippen molar-refractivity contribution in [2.24, 2.45) is 0 Å². The molecule has 2 aromatic rings. The van der Waals surface area contributed by atoms with E-state index in [1.165, 1.54) is 23.7 Å². The minimum Gasteiger partial charge on any atom is -0.209 e. The van der Waals surface area contributed by atoms with Crippen LogP contribution in [-0.2, 0) is 0 Å². The third-order valence-corrected chi connectivity index (χ3v) is 3.59. The van der Waals surface area contributed by atoms with Crippen LogP contribution in [0.4, 0.5) is 4.39 Å². The standard InChI is InChI=1S/C8H3Br2FN2S/c9-6-2-1-4(11)3-5(6)7-12-8(10)13-14-7/h1-3H. The normalized spacial score (nSPS) is 10.5. The predicted octanol–water partition coefficient (Wildman–Crippen LogP) is 3.87. The molecule has 1 aromatic heterocycles. The van der Waals surface area contributed by atoms with Crippen molar-refractivity contribution < 1.29 is 4.39 Å². The van der Waals surface area contributed by atoms with E-state index in [-0.39, 0.29) is 5.82 Å². The number of halogens is 3. The van der Waals surface area contributed by atoms with E-state index < -0.39 is 0 Å². The molecule has 72 valence electrons. The summed E-state index contributed by atoms with van der Waals surface area (Å²) < 4.78 is 18.3. The average Bonchev–Trinajstić information content (AvgIpc) is 2.56. The molecule has 0 amide bonds. The lowest BCUT2D eigenvalue weighted by Gasteiger charge is -1.98. The van der Waals surface area contributed by atoms with E-state index in [0.717, 1.165) is 4.47 Å². The summed E-state index contributed by atoms with van der Waals surface area (Å²) in [5.74, 6) is -0.283. The molecule has 0 aliphatic rings. The smallest absolute Gasteiger partial charge is 0.209 e. The highest BCUT2D eigenvalue weighted by Gasteiger charge is 2.09. The van der Waals surface area contributed by atoms with Crippen molar-refractivity contribution in [2.75, 3.05) is 0 Å². The van der Waals surface area contributed by atoms with Crippen molar-refractivity contribution >= 4 is 43.4 Å². The van der Waals surface area contributed by atoms with Gasteiger partial charge in [0.1, 0.15) is 10.8 Å². The number of nitrogens with zero attached hydrogens (tertiary/aromatic N) is 2. The molecule has 0 bridgehead atoms. The van der Waals surface area contributed by atoms with E-state index in [9.17, 15) is 4.39 Å². The molecule has 0 N–H and O–H groups in total. The predicted molar refractivity (Wildman–Crippen MR) is 60.7 cm³/mol. The van der Waals surface area contributed by atoms with Crippen molar-refractivity contribution in [1.82, 2.24) is 9.36 Å². The second-order valence-electron chi connectivity index (χ2n) is 2.49. The quantitative estimate of drug-likeness (QED) is 0.789. The molecule has 1 aromatic carbocycles. The summed E-state index contributed by atoms with van der Waals surface area (Å²) in [4.78, 5) is 4.11. The average molecular weight is 338 g/mol. The monoisotopic (exact) mass is 336 g/mol. The Morgan fingerprint density at radius 3 is 2.71 bits per heavy atom. The second-order valence-corrected chi connectivity index (χ2v) is 4.81. The van der Waals surface area contributed by atoms with Gasteiger partial charge in [-0.15, -0.1) is 0 Å². The Labute approximate surface area is 101 Å². The maximum absolute atomic E-state index is 13.0. The summed E-state index contributed by atoms with van der Waals surface area (Å²) in [5.41, 5.74) is 0.716. The van der Waals surface area contributed by atoms with Crippen molar-refractivity contribution in [3.8, 4) is 10.6 Å². The summed E-state index contributed by atoms with van der Waals surface area (Å²) in [6, 6.07) is 4.47. The van der Waals surface area contributed by atoms with Gasteiger partial charge < -0.3 is 0 Å². The topological polar surface area (TPSA) is 25.8 Å². The lowest BCUT2D eigenvalue weighted by Crippen LogP contribution is -1.81. The Hall–Kier alpha value is -0.330. The van der Waals surface area contributed by atoms with Gasteiger partial charge in [0.25, 0.3) is 0 Å². The van der Waals surface area contributed by atoms with Crippen molar-refractivity contribution in [3.05, 3.63) is 33.2 Å². The molecule has 0 radical (unpaired) electrons. The zero-order valence-corrected chi connectivity index (χ0v) is 10.7. The zero-order chi connectivity index (χ0) is 10.1. The van der Waals surface area contributed by atoms with Crippen LogP contribution >= 0.6 is 43.4 Å². The van der Waals surface area contributed by atoms with Crippen LogP contribution in [0.2, 0.25) is 0 Å². The second kappa shape index (κ2) is 4.04. The summed E-state index contributed by atoms with van der Waals surface area (Å²) in [6.07, 6.45) is 0. The minimum atomic E-state index is -0.283. The highest BCUT2D eigenvalue weighted by molar-refractivity contribution is 9.10. The molecule has 0 saturated carbocycles. The molecule has 2 nitrogen and oxygen atoms in total. The van der Waals surface area contributed by atoms with Crippen LogP contribution in [0.3, 0.4) is 0 Å². The van der Waals surface area contributed by atoms with Crippen molar-refractivity contribution in [2.45, 2.75) is 0 Å². The van der Waals surface area contributed by atoms with E-state index >= 15 is 0 Å². The first-order valence-corrected chi connectivity index (χ1v) is 5.97. The van der Waals surface area contributed by atoms with Gasteiger partial charge in [-0.05, 0) is 45.7 Å². The molecular formula is C8H3Br2FN2S. The van der Waals surface area contributed by atoms with Gasteiger partial charge in [-0.3, -0.25) is 0 Å². The molecule has 0 saturated heterocycles. The van der Waals surface area contributed by atoms with Crippen LogP contribution in [-0.4, -0.2) is 9.36 Å². The third kappa shape index (κ3) is 2.02. The number of hydrogen-bond acceptors (Lipinski definition) is 3. The van der Waals surface area contributed by atoms with Gasteiger partial charge in [-0.25, -0.2) is 9.37 Å². The Morgan fingerprint density at radius 1 is 1.29 bits per heavy atom. The first kappa shape index (κ1) is 10.2. The van der Waals surface area contributed by atoms with Crippen LogP contribution in [0.25, 0.3) is 10.6 Å². The molecule has 1 heterocycles. The van der Waals surface area contributed by atoms with E-state index in [1.54, 1.807) is 6.07 Å². The van der Waals surface area contributed by atoms with E-state index in [1.807, 2.05) is 0 Å². The Kier molecular flexibility index (Phi) is 2.94. The molecule has 2 rings (SSSR count). The fraction of sp³-hybridized carbons (Fsp3) is 0. The number of aromatic nitrogens is 2. The van der Waals surface area contributed by atoms with Gasteiger partial charge in [-0.2, -0.15) is 4.37 Å². The molecule has 0 spiro atoms. The molecule has 0 aliphatic heterocycles. The molecule has 0 aliphatic carbocycles. The first-order chi connectivity index (χ1) is 6.66. The number of benzene rings is 1. The summed E-state index contributed by atoms with van der Waals surface area (Å²) in [7, 11) is 0. The van der Waals surface area contributed by atoms with Crippen LogP contribution in [0.1, 0.15) is 0 Å². The minimum absolute atomic E-state index is 0.283. The maximum atomic E-state index is 13.0. The summed E-state index contributed by atoms with van der Waals surface area (Å²) >= 11 is 7.71. The maximum Gasteiger partial charge on any atom is 0.209 e. The number of hydrogen-bond donors (Lipinski definition) is 0. The molecule has 14 heavy (non-hydrogen) atoms. The summed E-state index contributed by atoms with van der Waals surface area (Å²) in [5, 5.41) is 0.684. The molecular weight excluding hydrogens is 335 g/mol. The summed E-state index contributed by atoms with van der Waals surface area (Å²) in [6.45, 7) is 0. The fourth-order valence-electron chi connectivity index (χ4n) is 0.976. The van der Waals surface area contributed by atoms with Gasteiger partial charge in [0, 0.05) is 10.0 Å². The molecule has 0 atom stereocenters. The van der Waals surface area contributed by atoms with Gasteiger partial charge >= 0.3 is 0 Å². The molecule has 0 unspecified atom stereocenters. The lowest BCUT2D eigenvalue weighted by molar-refractivity contribution is 0.628. The van der Waals surface area contributed by atoms with Crippen LogP contribution in [0, 0.1) is 5.82 Å². The third-order valence-electron chi connectivity index (χ3n) is 1.56. The fourth-order valence-corrected chi connectivity index (χ4v) is 2.65. The largest absolute Gasteiger partial charge is 0.209 e. The van der Waals surface area contributed by atoms with E-state index in [2.05, 4.69) is 41.2 Å². The SMILES string of the molecule is Fc1ccc(Br)c(-c2nc(Br)ns2)c1. The van der Waals surface area contributed by atoms with Crippen LogP contribution in [0.5, 0.6) is 0 Å². The zero-order valence-electron chi connectivity index (χ0n) is 6.67. The van der Waals surface area contributed by atoms with Crippen molar-refractivity contribution in [3.63, 3.8) is 0 Å². The lowest BCUT2D eigenvalue weighted by atomic mass is 10.2. The Morgan fingerprint density at radius 2 is 2.07 bits per heavy atom. The van der Waals surface area contributed by atoms with Gasteiger partial charge in [-0.1, -0.05) is 15.9 Å². The Balaban J connectivity index is 2.55.